The highest BCUT2D eigenvalue weighted by atomic mass is 35.5. The maximum atomic E-state index is 6.06. The Morgan fingerprint density at radius 2 is 2.28 bits per heavy atom. The number of amidine groups is 1. The molecule has 0 aliphatic carbocycles. The van der Waals surface area contributed by atoms with Crippen molar-refractivity contribution in [3.63, 3.8) is 0 Å². The normalized spacial score (nSPS) is 27.6. The average Bonchev–Trinajstić information content (AvgIpc) is 2.40. The Hall–Kier alpha value is -0.780. The van der Waals surface area contributed by atoms with Gasteiger partial charge < -0.3 is 15.0 Å². The molecule has 1 saturated heterocycles. The number of halogens is 1. The average molecular weight is 273 g/mol. The quantitative estimate of drug-likeness (QED) is 0.464. The van der Waals surface area contributed by atoms with E-state index in [9.17, 15) is 0 Å². The topological polar surface area (TPSA) is 40.1 Å². The second-order valence-electron chi connectivity index (χ2n) is 4.54. The Bertz CT molecular complexity index is 315. The largest absolute Gasteiger partial charge is 0.379 e. The third-order valence-corrected chi connectivity index (χ3v) is 3.53. The molecule has 0 amide bonds. The molecule has 1 unspecified atom stereocenters. The highest BCUT2D eigenvalue weighted by Crippen LogP contribution is 2.05. The first-order valence-corrected chi connectivity index (χ1v) is 6.84. The number of morpholine rings is 1. The van der Waals surface area contributed by atoms with E-state index in [1.165, 1.54) is 0 Å². The zero-order chi connectivity index (χ0) is 12.8. The van der Waals surface area contributed by atoms with E-state index in [2.05, 4.69) is 15.2 Å². The molecule has 102 valence electrons. The van der Waals surface area contributed by atoms with Crippen LogP contribution < -0.4 is 5.32 Å². The maximum absolute atomic E-state index is 6.06. The molecule has 1 fully saturated rings. The van der Waals surface area contributed by atoms with Gasteiger partial charge in [0.2, 0.25) is 0 Å². The minimum Gasteiger partial charge on any atom is -0.379 e. The van der Waals surface area contributed by atoms with Crippen molar-refractivity contribution in [2.24, 2.45) is 4.99 Å². The van der Waals surface area contributed by atoms with Crippen LogP contribution in [0.1, 0.15) is 6.42 Å². The highest BCUT2D eigenvalue weighted by Gasteiger charge is 2.13. The van der Waals surface area contributed by atoms with Crippen LogP contribution in [0.4, 0.5) is 0 Å². The number of nitrogens with one attached hydrogen (secondary N) is 1. The Balaban J connectivity index is 1.66. The van der Waals surface area contributed by atoms with Crippen molar-refractivity contribution in [1.29, 1.82) is 0 Å². The first-order valence-electron chi connectivity index (χ1n) is 6.41. The molecule has 2 rings (SSSR count). The van der Waals surface area contributed by atoms with Gasteiger partial charge in [-0.25, -0.2) is 0 Å². The van der Waals surface area contributed by atoms with Crippen LogP contribution in [0.3, 0.4) is 0 Å². The summed E-state index contributed by atoms with van der Waals surface area (Å²) >= 11 is 6.06. The summed E-state index contributed by atoms with van der Waals surface area (Å²) in [5.74, 6) is 0.870. The summed E-state index contributed by atoms with van der Waals surface area (Å²) in [7, 11) is 1.93. The molecule has 2 aliphatic heterocycles. The Morgan fingerprint density at radius 1 is 1.50 bits per heavy atom. The van der Waals surface area contributed by atoms with E-state index in [4.69, 9.17) is 16.3 Å². The first-order chi connectivity index (χ1) is 8.75. The van der Waals surface area contributed by atoms with Crippen molar-refractivity contribution < 1.29 is 4.74 Å². The minimum absolute atomic E-state index is 0.201. The molecular weight excluding hydrogens is 252 g/mol. The fourth-order valence-corrected chi connectivity index (χ4v) is 2.13. The molecule has 0 aromatic carbocycles. The summed E-state index contributed by atoms with van der Waals surface area (Å²) in [4.78, 5) is 8.82. The van der Waals surface area contributed by atoms with Gasteiger partial charge in [0.25, 0.3) is 0 Å². The number of rotatable bonds is 4. The van der Waals surface area contributed by atoms with Crippen molar-refractivity contribution >= 4 is 17.4 Å². The Morgan fingerprint density at radius 3 is 3.00 bits per heavy atom. The fourth-order valence-electron chi connectivity index (χ4n) is 1.95. The van der Waals surface area contributed by atoms with Crippen LogP contribution >= 0.6 is 11.6 Å². The van der Waals surface area contributed by atoms with Crippen molar-refractivity contribution in [1.82, 2.24) is 15.1 Å². The molecule has 0 radical (unpaired) electrons. The molecule has 2 aliphatic rings. The van der Waals surface area contributed by atoms with E-state index in [1.807, 2.05) is 24.2 Å². The molecule has 0 spiro atoms. The van der Waals surface area contributed by atoms with Gasteiger partial charge in [-0.3, -0.25) is 9.89 Å². The minimum atomic E-state index is -0.201. The molecule has 1 atom stereocenters. The van der Waals surface area contributed by atoms with Gasteiger partial charge in [0.05, 0.1) is 13.2 Å². The molecule has 0 saturated carbocycles. The third kappa shape index (κ3) is 4.15. The summed E-state index contributed by atoms with van der Waals surface area (Å²) < 4.78 is 5.32. The van der Waals surface area contributed by atoms with Gasteiger partial charge >= 0.3 is 0 Å². The first kappa shape index (κ1) is 13.6. The summed E-state index contributed by atoms with van der Waals surface area (Å²) in [5.41, 5.74) is -0.201. The third-order valence-electron chi connectivity index (χ3n) is 3.11. The lowest BCUT2D eigenvalue weighted by Gasteiger charge is -2.27. The number of alkyl halides is 1. The number of nitrogens with zero attached hydrogens (tertiary/aromatic N) is 3. The summed E-state index contributed by atoms with van der Waals surface area (Å²) in [6.45, 7) is 5.73. The second-order valence-corrected chi connectivity index (χ2v) is 4.95. The smallest absolute Gasteiger partial charge is 0.178 e. The summed E-state index contributed by atoms with van der Waals surface area (Å²) in [6.07, 6.45) is 4.96. The van der Waals surface area contributed by atoms with Crippen LogP contribution in [0, 0.1) is 0 Å². The lowest BCUT2D eigenvalue weighted by molar-refractivity contribution is 0.0377. The summed E-state index contributed by atoms with van der Waals surface area (Å²) in [5, 5.41) is 3.13. The number of aliphatic imine (C=N–C) groups is 1. The lowest BCUT2D eigenvalue weighted by Crippen LogP contribution is -2.43. The van der Waals surface area contributed by atoms with Gasteiger partial charge in [-0.15, -0.1) is 0 Å². The van der Waals surface area contributed by atoms with E-state index >= 15 is 0 Å². The molecule has 18 heavy (non-hydrogen) atoms. The van der Waals surface area contributed by atoms with E-state index in [-0.39, 0.29) is 5.62 Å². The van der Waals surface area contributed by atoms with Gasteiger partial charge in [0, 0.05) is 39.4 Å². The molecule has 1 N–H and O–H groups in total. The van der Waals surface area contributed by atoms with Crippen LogP contribution in [-0.2, 0) is 4.74 Å². The predicted octanol–water partition coefficient (Wildman–Crippen LogP) is 0.678. The van der Waals surface area contributed by atoms with Crippen LogP contribution in [0.15, 0.2) is 17.3 Å². The van der Waals surface area contributed by atoms with Crippen molar-refractivity contribution in [3.05, 3.63) is 12.3 Å². The number of hydrogen-bond donors (Lipinski definition) is 1. The van der Waals surface area contributed by atoms with E-state index < -0.39 is 0 Å². The van der Waals surface area contributed by atoms with Crippen LogP contribution in [-0.4, -0.2) is 67.7 Å². The van der Waals surface area contributed by atoms with Crippen molar-refractivity contribution in [2.45, 2.75) is 12.0 Å². The van der Waals surface area contributed by atoms with Crippen LogP contribution in [0.5, 0.6) is 0 Å². The SMILES string of the molecule is CN1C=CC(=NCCCN2CCOCC2)NC1Cl. The molecule has 5 nitrogen and oxygen atoms in total. The predicted molar refractivity (Wildman–Crippen MR) is 73.9 cm³/mol. The molecular formula is C12H21ClN4O. The molecule has 0 aromatic heterocycles. The zero-order valence-corrected chi connectivity index (χ0v) is 11.6. The number of ether oxygens (including phenoxy) is 1. The van der Waals surface area contributed by atoms with Crippen LogP contribution in [0.2, 0.25) is 0 Å². The van der Waals surface area contributed by atoms with E-state index in [1.54, 1.807) is 0 Å². The van der Waals surface area contributed by atoms with Gasteiger partial charge in [-0.2, -0.15) is 0 Å². The maximum Gasteiger partial charge on any atom is 0.178 e. The zero-order valence-electron chi connectivity index (χ0n) is 10.8. The molecule has 6 heteroatoms. The summed E-state index contributed by atoms with van der Waals surface area (Å²) in [6, 6.07) is 0. The van der Waals surface area contributed by atoms with Gasteiger partial charge in [0.15, 0.2) is 5.62 Å². The lowest BCUT2D eigenvalue weighted by atomic mass is 10.3. The standard InChI is InChI=1S/C12H21ClN4O/c1-16-6-3-11(15-12(16)13)14-4-2-5-17-7-9-18-10-8-17/h3,6,12H,2,4-5,7-10H2,1H3,(H,14,15). The molecule has 2 heterocycles. The Kier molecular flexibility index (Phi) is 5.28. The van der Waals surface area contributed by atoms with Crippen molar-refractivity contribution in [3.8, 4) is 0 Å². The monoisotopic (exact) mass is 272 g/mol. The van der Waals surface area contributed by atoms with Crippen molar-refractivity contribution in [2.75, 3.05) is 46.4 Å². The molecule has 0 aromatic rings. The van der Waals surface area contributed by atoms with Gasteiger partial charge in [-0.1, -0.05) is 11.6 Å². The number of hydrogen-bond acceptors (Lipinski definition) is 4. The van der Waals surface area contributed by atoms with Gasteiger partial charge in [-0.05, 0) is 12.5 Å². The van der Waals surface area contributed by atoms with E-state index in [0.717, 1.165) is 51.6 Å². The second kappa shape index (κ2) is 6.97. The molecule has 0 bridgehead atoms. The highest BCUT2D eigenvalue weighted by molar-refractivity contribution is 6.21. The van der Waals surface area contributed by atoms with E-state index in [0.29, 0.717) is 0 Å². The van der Waals surface area contributed by atoms with Gasteiger partial charge in [0.1, 0.15) is 5.84 Å². The fraction of sp³-hybridized carbons (Fsp3) is 0.750. The van der Waals surface area contributed by atoms with Crippen LogP contribution in [0.25, 0.3) is 0 Å². The Labute approximate surface area is 113 Å².